The number of ether oxygens (including phenoxy) is 1. The number of pyridine rings is 1. The predicted octanol–water partition coefficient (Wildman–Crippen LogP) is 3.52. The van der Waals surface area contributed by atoms with Gasteiger partial charge in [-0.3, -0.25) is 19.3 Å². The molecule has 0 aliphatic rings. The number of hydrogen-bond donors (Lipinski definition) is 1. The number of Topliss-reactive ketones (excluding diaryl/α,β-unsaturated/α-hetero) is 1. The summed E-state index contributed by atoms with van der Waals surface area (Å²) in [5.41, 5.74) is 1.80. The average Bonchev–Trinajstić information content (AvgIpc) is 3.18. The Morgan fingerprint density at radius 1 is 1.14 bits per heavy atom. The standard InChI is InChI=1S/C22H24N4O3/c1-17(27)19-4-2-5-20(16-19)29-15-3-6-22(28)24-21-10-14-26(25-21)13-9-18-7-11-23-12-8-18/h2,4-5,7-8,10-12,14,16H,3,6,9,13,15H2,1H3,(H,24,25,28). The van der Waals surface area contributed by atoms with Gasteiger partial charge in [0.05, 0.1) is 6.61 Å². The molecule has 0 bridgehead atoms. The largest absolute Gasteiger partial charge is 0.494 e. The molecule has 0 saturated heterocycles. The number of benzene rings is 1. The lowest BCUT2D eigenvalue weighted by Crippen LogP contribution is -2.13. The SMILES string of the molecule is CC(=O)c1cccc(OCCCC(=O)Nc2ccn(CCc3ccncc3)n2)c1. The van der Waals surface area contributed by atoms with Crippen molar-refractivity contribution in [2.45, 2.75) is 32.7 Å². The van der Waals surface area contributed by atoms with Gasteiger partial charge in [-0.05, 0) is 49.6 Å². The Kier molecular flexibility index (Phi) is 7.10. The van der Waals surface area contributed by atoms with E-state index in [4.69, 9.17) is 4.74 Å². The number of aryl methyl sites for hydroxylation is 2. The van der Waals surface area contributed by atoms with Gasteiger partial charge in [-0.25, -0.2) is 0 Å². The van der Waals surface area contributed by atoms with Crippen LogP contribution in [0.15, 0.2) is 61.1 Å². The molecule has 3 rings (SSSR count). The molecule has 150 valence electrons. The van der Waals surface area contributed by atoms with Crippen LogP contribution in [-0.2, 0) is 17.8 Å². The minimum Gasteiger partial charge on any atom is -0.494 e. The number of ketones is 1. The summed E-state index contributed by atoms with van der Waals surface area (Å²) in [4.78, 5) is 27.5. The second-order valence-electron chi connectivity index (χ2n) is 6.65. The number of carbonyl (C=O) groups is 2. The summed E-state index contributed by atoms with van der Waals surface area (Å²) in [6.07, 6.45) is 7.14. The fourth-order valence-corrected chi connectivity index (χ4v) is 2.78. The Morgan fingerprint density at radius 3 is 2.76 bits per heavy atom. The van der Waals surface area contributed by atoms with Crippen LogP contribution >= 0.6 is 0 Å². The molecule has 0 atom stereocenters. The Hall–Kier alpha value is -3.48. The van der Waals surface area contributed by atoms with Crippen molar-refractivity contribution >= 4 is 17.5 Å². The van der Waals surface area contributed by atoms with Gasteiger partial charge in [0.15, 0.2) is 11.6 Å². The van der Waals surface area contributed by atoms with E-state index in [0.717, 1.165) is 13.0 Å². The van der Waals surface area contributed by atoms with Gasteiger partial charge in [0.25, 0.3) is 0 Å². The Labute approximate surface area is 169 Å². The third-order valence-corrected chi connectivity index (χ3v) is 4.34. The van der Waals surface area contributed by atoms with Gasteiger partial charge in [-0.1, -0.05) is 12.1 Å². The molecule has 0 spiro atoms. The molecule has 7 heteroatoms. The van der Waals surface area contributed by atoms with Crippen molar-refractivity contribution in [2.75, 3.05) is 11.9 Å². The van der Waals surface area contributed by atoms with Gasteiger partial charge in [-0.15, -0.1) is 0 Å². The molecule has 29 heavy (non-hydrogen) atoms. The summed E-state index contributed by atoms with van der Waals surface area (Å²) in [5.74, 6) is 1.06. The lowest BCUT2D eigenvalue weighted by Gasteiger charge is -2.07. The van der Waals surface area contributed by atoms with Crippen LogP contribution in [0.4, 0.5) is 5.82 Å². The molecule has 3 aromatic rings. The molecule has 0 unspecified atom stereocenters. The van der Waals surface area contributed by atoms with Crippen molar-refractivity contribution in [2.24, 2.45) is 0 Å². The minimum atomic E-state index is -0.106. The van der Waals surface area contributed by atoms with E-state index in [9.17, 15) is 9.59 Å². The van der Waals surface area contributed by atoms with Gasteiger partial charge in [0.2, 0.25) is 5.91 Å². The van der Waals surface area contributed by atoms with E-state index in [1.165, 1.54) is 12.5 Å². The summed E-state index contributed by atoms with van der Waals surface area (Å²) in [7, 11) is 0. The van der Waals surface area contributed by atoms with E-state index < -0.39 is 0 Å². The van der Waals surface area contributed by atoms with Crippen LogP contribution in [0.1, 0.15) is 35.7 Å². The number of rotatable bonds is 10. The Morgan fingerprint density at radius 2 is 1.97 bits per heavy atom. The predicted molar refractivity (Wildman–Crippen MR) is 110 cm³/mol. The zero-order valence-corrected chi connectivity index (χ0v) is 16.4. The fraction of sp³-hybridized carbons (Fsp3) is 0.273. The molecular weight excluding hydrogens is 368 g/mol. The zero-order valence-electron chi connectivity index (χ0n) is 16.4. The molecule has 2 aromatic heterocycles. The smallest absolute Gasteiger partial charge is 0.225 e. The number of carbonyl (C=O) groups excluding carboxylic acids is 2. The van der Waals surface area contributed by atoms with Crippen molar-refractivity contribution in [1.82, 2.24) is 14.8 Å². The van der Waals surface area contributed by atoms with Gasteiger partial charge in [-0.2, -0.15) is 5.10 Å². The maximum Gasteiger partial charge on any atom is 0.225 e. The van der Waals surface area contributed by atoms with Crippen LogP contribution in [-0.4, -0.2) is 33.1 Å². The van der Waals surface area contributed by atoms with Crippen molar-refractivity contribution in [3.8, 4) is 5.75 Å². The van der Waals surface area contributed by atoms with Crippen LogP contribution in [0.5, 0.6) is 5.75 Å². The van der Waals surface area contributed by atoms with E-state index in [1.54, 1.807) is 47.4 Å². The lowest BCUT2D eigenvalue weighted by atomic mass is 10.1. The molecule has 1 N–H and O–H groups in total. The molecule has 0 saturated carbocycles. The third kappa shape index (κ3) is 6.57. The molecule has 1 amide bonds. The first kappa shape index (κ1) is 20.3. The van der Waals surface area contributed by atoms with E-state index in [2.05, 4.69) is 15.4 Å². The normalized spacial score (nSPS) is 10.5. The molecule has 0 aliphatic heterocycles. The number of hydrogen-bond acceptors (Lipinski definition) is 5. The summed E-state index contributed by atoms with van der Waals surface area (Å²) >= 11 is 0. The summed E-state index contributed by atoms with van der Waals surface area (Å²) in [5, 5.41) is 7.18. The number of anilines is 1. The minimum absolute atomic E-state index is 0.00459. The van der Waals surface area contributed by atoms with E-state index >= 15 is 0 Å². The number of amides is 1. The van der Waals surface area contributed by atoms with Crippen molar-refractivity contribution in [3.05, 3.63) is 72.2 Å². The first-order valence-electron chi connectivity index (χ1n) is 9.56. The second-order valence-corrected chi connectivity index (χ2v) is 6.65. The molecule has 1 aromatic carbocycles. The highest BCUT2D eigenvalue weighted by Crippen LogP contribution is 2.14. The lowest BCUT2D eigenvalue weighted by molar-refractivity contribution is -0.116. The van der Waals surface area contributed by atoms with Gasteiger partial charge in [0.1, 0.15) is 5.75 Å². The average molecular weight is 392 g/mol. The van der Waals surface area contributed by atoms with E-state index in [-0.39, 0.29) is 11.7 Å². The van der Waals surface area contributed by atoms with Crippen LogP contribution in [0.2, 0.25) is 0 Å². The fourth-order valence-electron chi connectivity index (χ4n) is 2.78. The van der Waals surface area contributed by atoms with Crippen LogP contribution in [0, 0.1) is 0 Å². The Balaban J connectivity index is 1.37. The van der Waals surface area contributed by atoms with E-state index in [0.29, 0.717) is 36.6 Å². The van der Waals surface area contributed by atoms with Crippen molar-refractivity contribution in [3.63, 3.8) is 0 Å². The van der Waals surface area contributed by atoms with Crippen LogP contribution < -0.4 is 10.1 Å². The van der Waals surface area contributed by atoms with E-state index in [1.807, 2.05) is 18.3 Å². The van der Waals surface area contributed by atoms with Gasteiger partial charge in [0, 0.05) is 43.2 Å². The van der Waals surface area contributed by atoms with Crippen LogP contribution in [0.3, 0.4) is 0 Å². The quantitative estimate of drug-likeness (QED) is 0.421. The second kappa shape index (κ2) is 10.2. The van der Waals surface area contributed by atoms with Gasteiger partial charge < -0.3 is 10.1 Å². The molecule has 0 aliphatic carbocycles. The summed E-state index contributed by atoms with van der Waals surface area (Å²) in [6.45, 7) is 2.64. The highest BCUT2D eigenvalue weighted by atomic mass is 16.5. The van der Waals surface area contributed by atoms with Crippen molar-refractivity contribution < 1.29 is 14.3 Å². The third-order valence-electron chi connectivity index (χ3n) is 4.34. The first-order chi connectivity index (χ1) is 14.1. The highest BCUT2D eigenvalue weighted by molar-refractivity contribution is 5.94. The zero-order chi connectivity index (χ0) is 20.5. The number of nitrogens with one attached hydrogen (secondary N) is 1. The monoisotopic (exact) mass is 392 g/mol. The maximum absolute atomic E-state index is 12.1. The molecule has 7 nitrogen and oxygen atoms in total. The van der Waals surface area contributed by atoms with Gasteiger partial charge >= 0.3 is 0 Å². The number of aromatic nitrogens is 3. The maximum atomic E-state index is 12.1. The van der Waals surface area contributed by atoms with Crippen molar-refractivity contribution in [1.29, 1.82) is 0 Å². The molecular formula is C22H24N4O3. The highest BCUT2D eigenvalue weighted by Gasteiger charge is 2.06. The Bertz CT molecular complexity index is 953. The number of nitrogens with zero attached hydrogens (tertiary/aromatic N) is 3. The molecule has 0 fully saturated rings. The first-order valence-corrected chi connectivity index (χ1v) is 9.56. The topological polar surface area (TPSA) is 86.1 Å². The molecule has 0 radical (unpaired) electrons. The summed E-state index contributed by atoms with van der Waals surface area (Å²) in [6, 6.07) is 12.8. The van der Waals surface area contributed by atoms with Crippen LogP contribution in [0.25, 0.3) is 0 Å². The molecule has 2 heterocycles. The summed E-state index contributed by atoms with van der Waals surface area (Å²) < 4.78 is 7.43.